The predicted octanol–water partition coefficient (Wildman–Crippen LogP) is 2.29. The van der Waals surface area contributed by atoms with Crippen molar-refractivity contribution < 1.29 is 19.1 Å². The molecule has 2 amide bonds. The Kier molecular flexibility index (Phi) is 6.14. The number of ketones is 1. The molecule has 2 rings (SSSR count). The summed E-state index contributed by atoms with van der Waals surface area (Å²) in [4.78, 5) is 35.1. The zero-order valence-corrected chi connectivity index (χ0v) is 13.3. The molecule has 124 valence electrons. The van der Waals surface area contributed by atoms with Gasteiger partial charge in [0, 0.05) is 24.9 Å². The van der Waals surface area contributed by atoms with Crippen LogP contribution in [0.1, 0.15) is 49.4 Å². The molecule has 0 bridgehead atoms. The average Bonchev–Trinajstić information content (AvgIpc) is 2.55. The number of fused-ring (bicyclic) bond motifs is 1. The molecule has 0 spiro atoms. The highest BCUT2D eigenvalue weighted by Crippen LogP contribution is 2.28. The van der Waals surface area contributed by atoms with Crippen LogP contribution in [0.4, 0.5) is 5.69 Å². The molecule has 0 atom stereocenters. The number of benzene rings is 1. The minimum atomic E-state index is -0.242. The van der Waals surface area contributed by atoms with Crippen LogP contribution in [0.15, 0.2) is 18.2 Å². The molecule has 0 fully saturated rings. The molecule has 6 heteroatoms. The molecule has 1 aromatic rings. The molecule has 6 nitrogen and oxygen atoms in total. The molecule has 0 aliphatic carbocycles. The summed E-state index contributed by atoms with van der Waals surface area (Å²) >= 11 is 0. The van der Waals surface area contributed by atoms with E-state index in [1.807, 2.05) is 0 Å². The van der Waals surface area contributed by atoms with E-state index in [4.69, 9.17) is 4.74 Å². The van der Waals surface area contributed by atoms with Gasteiger partial charge in [-0.2, -0.15) is 0 Å². The van der Waals surface area contributed by atoms with Crippen LogP contribution >= 0.6 is 0 Å². The summed E-state index contributed by atoms with van der Waals surface area (Å²) in [6, 6.07) is 4.90. The smallest absolute Gasteiger partial charge is 0.262 e. The lowest BCUT2D eigenvalue weighted by Gasteiger charge is -2.18. The number of rotatable bonds is 8. The minimum Gasteiger partial charge on any atom is -0.482 e. The Morgan fingerprint density at radius 1 is 1.26 bits per heavy atom. The zero-order valence-electron chi connectivity index (χ0n) is 13.3. The first-order valence-corrected chi connectivity index (χ1v) is 7.96. The van der Waals surface area contributed by atoms with Crippen LogP contribution in [0.3, 0.4) is 0 Å². The number of Topliss-reactive ketones (excluding diaryl/α,β-unsaturated/α-hetero) is 1. The summed E-state index contributed by atoms with van der Waals surface area (Å²) in [6.45, 7) is 2.74. The third-order valence-electron chi connectivity index (χ3n) is 3.62. The topological polar surface area (TPSA) is 84.5 Å². The molecular weight excluding hydrogens is 296 g/mol. The van der Waals surface area contributed by atoms with Crippen molar-refractivity contribution >= 4 is 23.3 Å². The lowest BCUT2D eigenvalue weighted by Crippen LogP contribution is -2.26. The first kappa shape index (κ1) is 17.0. The molecule has 1 heterocycles. The monoisotopic (exact) mass is 318 g/mol. The summed E-state index contributed by atoms with van der Waals surface area (Å²) in [5.41, 5.74) is 0.962. The van der Waals surface area contributed by atoms with Gasteiger partial charge < -0.3 is 15.4 Å². The van der Waals surface area contributed by atoms with Gasteiger partial charge >= 0.3 is 0 Å². The van der Waals surface area contributed by atoms with Crippen LogP contribution in [0.5, 0.6) is 5.75 Å². The van der Waals surface area contributed by atoms with Crippen molar-refractivity contribution in [3.63, 3.8) is 0 Å². The van der Waals surface area contributed by atoms with Gasteiger partial charge in [0.2, 0.25) is 5.91 Å². The van der Waals surface area contributed by atoms with Gasteiger partial charge in [-0.05, 0) is 24.6 Å². The Labute approximate surface area is 135 Å². The van der Waals surface area contributed by atoms with E-state index in [1.165, 1.54) is 0 Å². The van der Waals surface area contributed by atoms with Crippen molar-refractivity contribution in [2.75, 3.05) is 18.5 Å². The van der Waals surface area contributed by atoms with E-state index >= 15 is 0 Å². The van der Waals surface area contributed by atoms with Gasteiger partial charge in [-0.3, -0.25) is 14.4 Å². The number of nitrogens with one attached hydrogen (secondary N) is 2. The number of hydrogen-bond acceptors (Lipinski definition) is 4. The predicted molar refractivity (Wildman–Crippen MR) is 86.7 cm³/mol. The fraction of sp³-hybridized carbons (Fsp3) is 0.471. The summed E-state index contributed by atoms with van der Waals surface area (Å²) in [5.74, 6) is 0.0729. The molecule has 2 N–H and O–H groups in total. The van der Waals surface area contributed by atoms with Crippen LogP contribution in [0.2, 0.25) is 0 Å². The first-order valence-electron chi connectivity index (χ1n) is 7.96. The molecule has 1 aliphatic heterocycles. The van der Waals surface area contributed by atoms with Crippen LogP contribution in [-0.4, -0.2) is 30.7 Å². The van der Waals surface area contributed by atoms with Crippen molar-refractivity contribution in [2.24, 2.45) is 0 Å². The normalized spacial score (nSPS) is 12.8. The van der Waals surface area contributed by atoms with E-state index in [2.05, 4.69) is 17.6 Å². The number of anilines is 1. The second kappa shape index (κ2) is 8.31. The molecule has 0 aromatic heterocycles. The number of unbranched alkanes of at least 4 members (excludes halogenated alkanes) is 2. The highest BCUT2D eigenvalue weighted by Gasteiger charge is 2.18. The summed E-state index contributed by atoms with van der Waals surface area (Å²) in [7, 11) is 0. The Bertz CT molecular complexity index is 598. The lowest BCUT2D eigenvalue weighted by molar-refractivity contribution is -0.121. The summed E-state index contributed by atoms with van der Waals surface area (Å²) in [5, 5.41) is 5.48. The number of hydrogen-bond donors (Lipinski definition) is 2. The highest BCUT2D eigenvalue weighted by molar-refractivity contribution is 6.01. The van der Waals surface area contributed by atoms with Gasteiger partial charge in [0.15, 0.2) is 12.4 Å². The van der Waals surface area contributed by atoms with Gasteiger partial charge in [0.1, 0.15) is 5.75 Å². The molecule has 0 radical (unpaired) electrons. The lowest BCUT2D eigenvalue weighted by atomic mass is 10.0. The maximum absolute atomic E-state index is 12.2. The second-order valence-electron chi connectivity index (χ2n) is 5.53. The maximum Gasteiger partial charge on any atom is 0.262 e. The Morgan fingerprint density at radius 3 is 2.87 bits per heavy atom. The van der Waals surface area contributed by atoms with Crippen molar-refractivity contribution in [3.8, 4) is 5.75 Å². The Balaban J connectivity index is 1.83. The number of carbonyl (C=O) groups excluding carboxylic acids is 3. The molecule has 0 saturated heterocycles. The quantitative estimate of drug-likeness (QED) is 0.569. The van der Waals surface area contributed by atoms with Crippen molar-refractivity contribution in [3.05, 3.63) is 23.8 Å². The standard InChI is InChI=1S/C17H22N2O4/c1-2-3-4-9-18-16(21)8-6-14(20)12-5-7-15-13(10-12)19-17(22)11-23-15/h5,7,10H,2-4,6,8-9,11H2,1H3,(H,18,21)(H,19,22). The molecule has 0 unspecified atom stereocenters. The SMILES string of the molecule is CCCCCNC(=O)CCC(=O)c1ccc2c(c1)NC(=O)CO2. The van der Waals surface area contributed by atoms with Gasteiger partial charge in [-0.15, -0.1) is 0 Å². The molecule has 23 heavy (non-hydrogen) atoms. The summed E-state index contributed by atoms with van der Waals surface area (Å²) < 4.78 is 5.25. The number of amides is 2. The largest absolute Gasteiger partial charge is 0.482 e. The molecule has 0 saturated carbocycles. The fourth-order valence-corrected chi connectivity index (χ4v) is 2.32. The first-order chi connectivity index (χ1) is 11.1. The fourth-order valence-electron chi connectivity index (χ4n) is 2.32. The van der Waals surface area contributed by atoms with Crippen LogP contribution in [0, 0.1) is 0 Å². The van der Waals surface area contributed by atoms with E-state index in [9.17, 15) is 14.4 Å². The highest BCUT2D eigenvalue weighted by atomic mass is 16.5. The second-order valence-corrected chi connectivity index (χ2v) is 5.53. The zero-order chi connectivity index (χ0) is 16.7. The number of carbonyl (C=O) groups is 3. The van der Waals surface area contributed by atoms with Crippen molar-refractivity contribution in [2.45, 2.75) is 39.0 Å². The molecular formula is C17H22N2O4. The van der Waals surface area contributed by atoms with Crippen LogP contribution < -0.4 is 15.4 Å². The summed E-state index contributed by atoms with van der Waals surface area (Å²) in [6.07, 6.45) is 3.47. The van der Waals surface area contributed by atoms with E-state index in [0.29, 0.717) is 23.5 Å². The molecule has 1 aromatic carbocycles. The van der Waals surface area contributed by atoms with Gasteiger partial charge in [-0.1, -0.05) is 19.8 Å². The maximum atomic E-state index is 12.2. The van der Waals surface area contributed by atoms with Crippen LogP contribution in [0.25, 0.3) is 0 Å². The average molecular weight is 318 g/mol. The van der Waals surface area contributed by atoms with E-state index in [0.717, 1.165) is 19.3 Å². The number of ether oxygens (including phenoxy) is 1. The van der Waals surface area contributed by atoms with Gasteiger partial charge in [0.05, 0.1) is 5.69 Å². The van der Waals surface area contributed by atoms with E-state index in [1.54, 1.807) is 18.2 Å². The van der Waals surface area contributed by atoms with Gasteiger partial charge in [-0.25, -0.2) is 0 Å². The Hall–Kier alpha value is -2.37. The van der Waals surface area contributed by atoms with Gasteiger partial charge in [0.25, 0.3) is 5.91 Å². The van der Waals surface area contributed by atoms with E-state index in [-0.39, 0.29) is 37.0 Å². The van der Waals surface area contributed by atoms with Crippen molar-refractivity contribution in [1.82, 2.24) is 5.32 Å². The van der Waals surface area contributed by atoms with Crippen LogP contribution in [-0.2, 0) is 9.59 Å². The van der Waals surface area contributed by atoms with E-state index < -0.39 is 0 Å². The molecule has 1 aliphatic rings. The minimum absolute atomic E-state index is 0.0154. The van der Waals surface area contributed by atoms with Crippen molar-refractivity contribution in [1.29, 1.82) is 0 Å². The Morgan fingerprint density at radius 2 is 2.09 bits per heavy atom. The third-order valence-corrected chi connectivity index (χ3v) is 3.62. The third kappa shape index (κ3) is 5.09.